The lowest BCUT2D eigenvalue weighted by Gasteiger charge is -2.39. The number of hydrogen-bond acceptors (Lipinski definition) is 6. The number of aromatic nitrogens is 1. The van der Waals surface area contributed by atoms with Gasteiger partial charge in [0.2, 0.25) is 5.91 Å². The monoisotopic (exact) mass is 379 g/mol. The number of amides is 1. The van der Waals surface area contributed by atoms with E-state index in [1.54, 1.807) is 6.20 Å². The predicted octanol–water partition coefficient (Wildman–Crippen LogP) is 1.43. The van der Waals surface area contributed by atoms with Crippen LogP contribution in [0.15, 0.2) is 30.5 Å². The van der Waals surface area contributed by atoms with Crippen LogP contribution in [0.4, 0.5) is 5.69 Å². The molecule has 2 aliphatic rings. The molecule has 2 fully saturated rings. The summed E-state index contributed by atoms with van der Waals surface area (Å²) in [5.74, 6) is 0.446. The third-order valence-electron chi connectivity index (χ3n) is 5.45. The van der Waals surface area contributed by atoms with Crippen LogP contribution in [0.25, 0.3) is 10.9 Å². The minimum Gasteiger partial charge on any atom is -0.378 e. The summed E-state index contributed by atoms with van der Waals surface area (Å²) in [7, 11) is 0. The van der Waals surface area contributed by atoms with Gasteiger partial charge in [0.15, 0.2) is 0 Å². The highest BCUT2D eigenvalue weighted by atomic mass is 16.5. The normalized spacial score (nSPS) is 25.3. The van der Waals surface area contributed by atoms with Crippen LogP contribution in [0.5, 0.6) is 0 Å². The fourth-order valence-corrected chi connectivity index (χ4v) is 4.21. The molecule has 2 aliphatic heterocycles. The Balaban J connectivity index is 1.55. The van der Waals surface area contributed by atoms with E-state index in [1.807, 2.05) is 24.3 Å². The number of carbonyl (C=O) groups is 1. The van der Waals surface area contributed by atoms with Crippen LogP contribution < -0.4 is 15.5 Å². The lowest BCUT2D eigenvalue weighted by Crippen LogP contribution is -2.57. The molecule has 4 rings (SSSR count). The molecular formula is C21H25N5O2. The number of pyridine rings is 1. The van der Waals surface area contributed by atoms with Gasteiger partial charge in [0.25, 0.3) is 0 Å². The first-order chi connectivity index (χ1) is 13.7. The van der Waals surface area contributed by atoms with E-state index in [1.165, 1.54) is 0 Å². The van der Waals surface area contributed by atoms with E-state index in [0.717, 1.165) is 36.1 Å². The smallest absolute Gasteiger partial charge is 0.239 e. The second kappa shape index (κ2) is 8.13. The van der Waals surface area contributed by atoms with Crippen molar-refractivity contribution < 1.29 is 9.53 Å². The van der Waals surface area contributed by atoms with Crippen molar-refractivity contribution in [2.75, 3.05) is 37.7 Å². The maximum atomic E-state index is 12.6. The fraction of sp³-hybridized carbons (Fsp3) is 0.476. The number of piperidine rings is 1. The average Bonchev–Trinajstić information content (AvgIpc) is 2.73. The van der Waals surface area contributed by atoms with Crippen molar-refractivity contribution in [2.45, 2.75) is 25.4 Å². The number of anilines is 1. The van der Waals surface area contributed by atoms with Crippen LogP contribution in [-0.4, -0.2) is 55.8 Å². The molecule has 1 aromatic carbocycles. The van der Waals surface area contributed by atoms with Crippen LogP contribution in [0, 0.1) is 17.2 Å². The van der Waals surface area contributed by atoms with Crippen molar-refractivity contribution in [2.24, 2.45) is 5.92 Å². The van der Waals surface area contributed by atoms with Gasteiger partial charge in [0, 0.05) is 42.9 Å². The molecule has 0 spiro atoms. The van der Waals surface area contributed by atoms with Crippen LogP contribution in [0.3, 0.4) is 0 Å². The number of morpholine rings is 1. The molecule has 2 aromatic rings. The topological polar surface area (TPSA) is 90.3 Å². The lowest BCUT2D eigenvalue weighted by atomic mass is 9.94. The Morgan fingerprint density at radius 3 is 3.07 bits per heavy atom. The Morgan fingerprint density at radius 1 is 1.39 bits per heavy atom. The quantitative estimate of drug-likeness (QED) is 0.838. The van der Waals surface area contributed by atoms with Crippen molar-refractivity contribution in [3.8, 4) is 6.07 Å². The Hall–Kier alpha value is -2.69. The molecule has 1 amide bonds. The number of fused-ring (bicyclic) bond motifs is 1. The zero-order chi connectivity index (χ0) is 19.5. The number of hydrogen-bond donors (Lipinski definition) is 2. The van der Waals surface area contributed by atoms with Gasteiger partial charge in [0.1, 0.15) is 12.1 Å². The zero-order valence-electron chi connectivity index (χ0n) is 16.0. The van der Waals surface area contributed by atoms with E-state index < -0.39 is 0 Å². The van der Waals surface area contributed by atoms with Crippen molar-refractivity contribution in [3.63, 3.8) is 0 Å². The minimum atomic E-state index is -0.278. The molecule has 0 aliphatic carbocycles. The van der Waals surface area contributed by atoms with E-state index in [0.29, 0.717) is 31.2 Å². The minimum absolute atomic E-state index is 0.00473. The summed E-state index contributed by atoms with van der Waals surface area (Å²) in [6.07, 6.45) is 2.66. The highest BCUT2D eigenvalue weighted by Gasteiger charge is 2.30. The standard InChI is InChI=1S/C21H25N5O2/c1-14-9-16(25-21(27)18-13-28-8-7-23-18)12-26(11-14)19-5-4-15(10-22)20-17(19)3-2-6-24-20/h2-6,14,16,18,23H,7-9,11-13H2,1H3,(H,25,27)/t14-,16+,18-/m0/s1. The molecule has 3 heterocycles. The van der Waals surface area contributed by atoms with Crippen molar-refractivity contribution in [3.05, 3.63) is 36.0 Å². The number of ether oxygens (including phenoxy) is 1. The molecule has 3 atom stereocenters. The summed E-state index contributed by atoms with van der Waals surface area (Å²) in [6, 6.07) is 9.75. The average molecular weight is 379 g/mol. The highest BCUT2D eigenvalue weighted by molar-refractivity contribution is 5.95. The fourth-order valence-electron chi connectivity index (χ4n) is 4.21. The van der Waals surface area contributed by atoms with E-state index in [2.05, 4.69) is 33.5 Å². The van der Waals surface area contributed by atoms with Crippen LogP contribution in [-0.2, 0) is 9.53 Å². The summed E-state index contributed by atoms with van der Waals surface area (Å²) in [5, 5.41) is 16.8. The number of benzene rings is 1. The molecule has 2 N–H and O–H groups in total. The summed E-state index contributed by atoms with van der Waals surface area (Å²) >= 11 is 0. The summed E-state index contributed by atoms with van der Waals surface area (Å²) in [6.45, 7) is 5.63. The van der Waals surface area contributed by atoms with Gasteiger partial charge >= 0.3 is 0 Å². The number of nitriles is 1. The number of carbonyl (C=O) groups excluding carboxylic acids is 1. The van der Waals surface area contributed by atoms with Gasteiger partial charge in [-0.1, -0.05) is 6.92 Å². The maximum Gasteiger partial charge on any atom is 0.239 e. The van der Waals surface area contributed by atoms with Crippen molar-refractivity contribution in [1.82, 2.24) is 15.6 Å². The Labute approximate surface area is 164 Å². The largest absolute Gasteiger partial charge is 0.378 e. The Kier molecular flexibility index (Phi) is 5.42. The lowest BCUT2D eigenvalue weighted by molar-refractivity contribution is -0.126. The van der Waals surface area contributed by atoms with Gasteiger partial charge in [0.05, 0.1) is 24.3 Å². The number of rotatable bonds is 3. The Morgan fingerprint density at radius 2 is 2.29 bits per heavy atom. The van der Waals surface area contributed by atoms with E-state index in [-0.39, 0.29) is 18.0 Å². The number of nitrogens with one attached hydrogen (secondary N) is 2. The molecule has 7 nitrogen and oxygen atoms in total. The molecule has 0 unspecified atom stereocenters. The van der Waals surface area contributed by atoms with Crippen molar-refractivity contribution >= 4 is 22.5 Å². The van der Waals surface area contributed by atoms with Crippen LogP contribution in [0.2, 0.25) is 0 Å². The van der Waals surface area contributed by atoms with Gasteiger partial charge in [-0.3, -0.25) is 9.78 Å². The molecule has 28 heavy (non-hydrogen) atoms. The van der Waals surface area contributed by atoms with Gasteiger partial charge in [-0.25, -0.2) is 0 Å². The Bertz CT molecular complexity index is 903. The van der Waals surface area contributed by atoms with E-state index in [4.69, 9.17) is 4.74 Å². The highest BCUT2D eigenvalue weighted by Crippen LogP contribution is 2.31. The third kappa shape index (κ3) is 3.79. The molecule has 0 saturated carbocycles. The third-order valence-corrected chi connectivity index (χ3v) is 5.45. The van der Waals surface area contributed by atoms with Gasteiger partial charge in [-0.15, -0.1) is 0 Å². The summed E-state index contributed by atoms with van der Waals surface area (Å²) < 4.78 is 5.41. The maximum absolute atomic E-state index is 12.6. The SMILES string of the molecule is C[C@H]1C[C@@H](NC(=O)[C@@H]2COCCN2)CN(c2ccc(C#N)c3ncccc23)C1. The van der Waals surface area contributed by atoms with Crippen molar-refractivity contribution in [1.29, 1.82) is 5.26 Å². The second-order valence-corrected chi connectivity index (χ2v) is 7.68. The first-order valence-electron chi connectivity index (χ1n) is 9.80. The summed E-state index contributed by atoms with van der Waals surface area (Å²) in [5.41, 5.74) is 2.37. The van der Waals surface area contributed by atoms with Gasteiger partial charge in [-0.05, 0) is 36.6 Å². The zero-order valence-corrected chi connectivity index (χ0v) is 16.0. The van der Waals surface area contributed by atoms with Gasteiger partial charge < -0.3 is 20.3 Å². The molecule has 0 bridgehead atoms. The van der Waals surface area contributed by atoms with Crippen LogP contribution >= 0.6 is 0 Å². The second-order valence-electron chi connectivity index (χ2n) is 7.68. The molecule has 146 valence electrons. The molecule has 2 saturated heterocycles. The molecular weight excluding hydrogens is 354 g/mol. The number of nitrogens with zero attached hydrogens (tertiary/aromatic N) is 3. The molecule has 0 radical (unpaired) electrons. The first-order valence-corrected chi connectivity index (χ1v) is 9.80. The molecule has 1 aromatic heterocycles. The first kappa shape index (κ1) is 18.7. The van der Waals surface area contributed by atoms with Gasteiger partial charge in [-0.2, -0.15) is 5.26 Å². The van der Waals surface area contributed by atoms with E-state index >= 15 is 0 Å². The van der Waals surface area contributed by atoms with Crippen LogP contribution in [0.1, 0.15) is 18.9 Å². The molecule has 7 heteroatoms. The van der Waals surface area contributed by atoms with E-state index in [9.17, 15) is 10.1 Å². The summed E-state index contributed by atoms with van der Waals surface area (Å²) in [4.78, 5) is 19.3. The predicted molar refractivity (Wildman–Crippen MR) is 107 cm³/mol.